The van der Waals surface area contributed by atoms with E-state index in [2.05, 4.69) is 10.3 Å². The zero-order valence-electron chi connectivity index (χ0n) is 6.34. The van der Waals surface area contributed by atoms with E-state index in [1.807, 2.05) is 0 Å². The summed E-state index contributed by atoms with van der Waals surface area (Å²) < 4.78 is 36.3. The van der Waals surface area contributed by atoms with Gasteiger partial charge in [0.25, 0.3) is 0 Å². The van der Waals surface area contributed by atoms with Crippen LogP contribution in [0.15, 0.2) is 29.3 Å². The molecule has 0 saturated carbocycles. The van der Waals surface area contributed by atoms with Crippen molar-refractivity contribution in [2.75, 3.05) is 0 Å². The Morgan fingerprint density at radius 1 is 1.00 bits per heavy atom. The van der Waals surface area contributed by atoms with E-state index in [1.165, 1.54) is 12.1 Å². The molecule has 0 spiro atoms. The van der Waals surface area contributed by atoms with Crippen molar-refractivity contribution in [3.8, 4) is 0 Å². The first-order chi connectivity index (χ1) is 6.07. The highest BCUT2D eigenvalue weighted by molar-refractivity contribution is 5.99. The first kappa shape index (κ1) is 8.10. The van der Waals surface area contributed by atoms with E-state index in [4.69, 9.17) is 0 Å². The van der Waals surface area contributed by atoms with E-state index >= 15 is 0 Å². The van der Waals surface area contributed by atoms with Crippen LogP contribution in [-0.2, 0) is 0 Å². The maximum Gasteiger partial charge on any atom is 0.451 e. The van der Waals surface area contributed by atoms with Crippen molar-refractivity contribution in [3.05, 3.63) is 24.3 Å². The average Bonchev–Trinajstić information content (AvgIpc) is 2.45. The molecule has 5 heteroatoms. The van der Waals surface area contributed by atoms with Crippen LogP contribution in [0.25, 0.3) is 0 Å². The van der Waals surface area contributed by atoms with Gasteiger partial charge in [0.05, 0.1) is 11.4 Å². The van der Waals surface area contributed by atoms with E-state index < -0.39 is 12.0 Å². The predicted octanol–water partition coefficient (Wildman–Crippen LogP) is 2.53. The summed E-state index contributed by atoms with van der Waals surface area (Å²) in [5.74, 6) is -1.08. The van der Waals surface area contributed by atoms with Crippen LogP contribution in [0.3, 0.4) is 0 Å². The van der Waals surface area contributed by atoms with Crippen molar-refractivity contribution in [2.24, 2.45) is 4.99 Å². The molecule has 1 heterocycles. The lowest BCUT2D eigenvalue weighted by atomic mass is 10.3. The molecular formula is C8H4F3N2. The second-order valence-corrected chi connectivity index (χ2v) is 2.53. The van der Waals surface area contributed by atoms with Gasteiger partial charge in [-0.05, 0) is 12.1 Å². The number of nitrogens with zero attached hydrogens (tertiary/aromatic N) is 2. The van der Waals surface area contributed by atoms with Gasteiger partial charge in [0.1, 0.15) is 0 Å². The minimum absolute atomic E-state index is 0.273. The molecule has 2 nitrogen and oxygen atoms in total. The molecule has 1 aromatic rings. The number of aliphatic imine (C=N–C) groups is 1. The number of rotatable bonds is 0. The maximum atomic E-state index is 12.1. The Kier molecular flexibility index (Phi) is 1.55. The van der Waals surface area contributed by atoms with E-state index in [-0.39, 0.29) is 11.4 Å². The van der Waals surface area contributed by atoms with Gasteiger partial charge in [0.15, 0.2) is 0 Å². The van der Waals surface area contributed by atoms with E-state index in [0.717, 1.165) is 0 Å². The number of alkyl halides is 3. The molecule has 0 atom stereocenters. The van der Waals surface area contributed by atoms with Gasteiger partial charge in [-0.2, -0.15) is 13.2 Å². The molecule has 0 aliphatic carbocycles. The zero-order valence-corrected chi connectivity index (χ0v) is 6.34. The van der Waals surface area contributed by atoms with Crippen molar-refractivity contribution < 1.29 is 13.2 Å². The fourth-order valence-corrected chi connectivity index (χ4v) is 1.03. The molecule has 0 N–H and O–H groups in total. The van der Waals surface area contributed by atoms with Gasteiger partial charge in [-0.1, -0.05) is 12.1 Å². The second-order valence-electron chi connectivity index (χ2n) is 2.53. The third-order valence-corrected chi connectivity index (χ3v) is 1.59. The SMILES string of the molecule is FC(F)(F)C1=Nc2ccccc2[N]1. The summed E-state index contributed by atoms with van der Waals surface area (Å²) in [5.41, 5.74) is 0.546. The second kappa shape index (κ2) is 2.48. The highest BCUT2D eigenvalue weighted by Crippen LogP contribution is 2.34. The van der Waals surface area contributed by atoms with Crippen molar-refractivity contribution in [2.45, 2.75) is 6.18 Å². The van der Waals surface area contributed by atoms with Gasteiger partial charge in [-0.25, -0.2) is 10.3 Å². The topological polar surface area (TPSA) is 26.5 Å². The number of hydrogen-bond acceptors (Lipinski definition) is 1. The molecule has 1 radical (unpaired) electrons. The van der Waals surface area contributed by atoms with Gasteiger partial charge < -0.3 is 0 Å². The van der Waals surface area contributed by atoms with E-state index in [0.29, 0.717) is 0 Å². The Morgan fingerprint density at radius 2 is 1.62 bits per heavy atom. The monoisotopic (exact) mass is 185 g/mol. The Bertz CT molecular complexity index is 368. The molecule has 1 aliphatic heterocycles. The fraction of sp³-hybridized carbons (Fsp3) is 0.125. The third-order valence-electron chi connectivity index (χ3n) is 1.59. The van der Waals surface area contributed by atoms with Crippen molar-refractivity contribution in [1.82, 2.24) is 5.32 Å². The summed E-state index contributed by atoms with van der Waals surface area (Å²) in [7, 11) is 0. The summed E-state index contributed by atoms with van der Waals surface area (Å²) >= 11 is 0. The molecule has 0 unspecified atom stereocenters. The van der Waals surface area contributed by atoms with Crippen molar-refractivity contribution >= 4 is 17.2 Å². The van der Waals surface area contributed by atoms with Crippen LogP contribution < -0.4 is 5.32 Å². The summed E-state index contributed by atoms with van der Waals surface area (Å²) in [4.78, 5) is 3.35. The molecule has 0 saturated heterocycles. The van der Waals surface area contributed by atoms with Gasteiger partial charge in [0, 0.05) is 0 Å². The van der Waals surface area contributed by atoms with Gasteiger partial charge in [-0.3, -0.25) is 0 Å². The number of amidine groups is 1. The standard InChI is InChI=1S/C8H4F3N2/c9-8(10,11)7-12-5-3-1-2-4-6(5)13-7/h1-4H. The smallest absolute Gasteiger partial charge is 0.223 e. The largest absolute Gasteiger partial charge is 0.451 e. The van der Waals surface area contributed by atoms with Crippen LogP contribution in [0.2, 0.25) is 0 Å². The van der Waals surface area contributed by atoms with E-state index in [1.54, 1.807) is 12.1 Å². The first-order valence-corrected chi connectivity index (χ1v) is 3.54. The van der Waals surface area contributed by atoms with Crippen LogP contribution in [0.5, 0.6) is 0 Å². The number of hydrogen-bond donors (Lipinski definition) is 0. The van der Waals surface area contributed by atoms with Crippen molar-refractivity contribution in [3.63, 3.8) is 0 Å². The number of fused-ring (bicyclic) bond motifs is 1. The molecule has 13 heavy (non-hydrogen) atoms. The predicted molar refractivity (Wildman–Crippen MR) is 41.4 cm³/mol. The lowest BCUT2D eigenvalue weighted by molar-refractivity contribution is -0.0608. The third kappa shape index (κ3) is 1.37. The summed E-state index contributed by atoms with van der Waals surface area (Å²) in [6.45, 7) is 0. The zero-order chi connectivity index (χ0) is 9.47. The summed E-state index contributed by atoms with van der Waals surface area (Å²) in [6.07, 6.45) is -4.46. The Balaban J connectivity index is 2.37. The first-order valence-electron chi connectivity index (χ1n) is 3.54. The molecule has 1 aromatic carbocycles. The molecule has 1 aliphatic rings. The molecule has 0 aromatic heterocycles. The number of halogens is 3. The highest BCUT2D eigenvalue weighted by Gasteiger charge is 2.40. The van der Waals surface area contributed by atoms with Crippen LogP contribution >= 0.6 is 0 Å². The molecule has 2 rings (SSSR count). The van der Waals surface area contributed by atoms with Crippen LogP contribution in [0, 0.1) is 0 Å². The average molecular weight is 185 g/mol. The summed E-state index contributed by atoms with van der Waals surface area (Å²) in [6, 6.07) is 6.24. The van der Waals surface area contributed by atoms with Gasteiger partial charge in [0.2, 0.25) is 5.84 Å². The molecule has 0 amide bonds. The molecule has 0 bridgehead atoms. The Hall–Kier alpha value is -1.52. The van der Waals surface area contributed by atoms with Gasteiger partial charge >= 0.3 is 6.18 Å². The van der Waals surface area contributed by atoms with Crippen LogP contribution in [-0.4, -0.2) is 12.0 Å². The molecule has 0 fully saturated rings. The fourth-order valence-electron chi connectivity index (χ4n) is 1.03. The van der Waals surface area contributed by atoms with Crippen LogP contribution in [0.1, 0.15) is 0 Å². The van der Waals surface area contributed by atoms with E-state index in [9.17, 15) is 13.2 Å². The minimum Gasteiger partial charge on any atom is -0.223 e. The number of para-hydroxylation sites is 2. The van der Waals surface area contributed by atoms with Crippen molar-refractivity contribution in [1.29, 1.82) is 0 Å². The molecule has 67 valence electrons. The quantitative estimate of drug-likeness (QED) is 0.593. The summed E-state index contributed by atoms with van der Waals surface area (Å²) in [5, 5.41) is 3.35. The molecular weight excluding hydrogens is 181 g/mol. The highest BCUT2D eigenvalue weighted by atomic mass is 19.4. The minimum atomic E-state index is -4.46. The Morgan fingerprint density at radius 3 is 2.15 bits per heavy atom. The lowest BCUT2D eigenvalue weighted by Gasteiger charge is -2.02. The lowest BCUT2D eigenvalue weighted by Crippen LogP contribution is -2.27. The maximum absolute atomic E-state index is 12.1. The van der Waals surface area contributed by atoms with Crippen LogP contribution in [0.4, 0.5) is 24.5 Å². The number of benzene rings is 1. The Labute approximate surface area is 72.1 Å². The normalized spacial score (nSPS) is 14.8. The van der Waals surface area contributed by atoms with Gasteiger partial charge in [-0.15, -0.1) is 0 Å².